The molecule has 14 aromatic rings. The van der Waals surface area contributed by atoms with Crippen LogP contribution in [0.1, 0.15) is 0 Å². The topological polar surface area (TPSA) is 16.4 Å². The van der Waals surface area contributed by atoms with Gasteiger partial charge in [0.2, 0.25) is 0 Å². The summed E-state index contributed by atoms with van der Waals surface area (Å²) in [5.74, 6) is 0. The highest BCUT2D eigenvalue weighted by Gasteiger charge is 2.20. The van der Waals surface area contributed by atoms with Crippen LogP contribution in [0.2, 0.25) is 0 Å². The Balaban J connectivity index is 0.897. The highest BCUT2D eigenvalue weighted by atomic mass is 16.3. The van der Waals surface area contributed by atoms with Crippen LogP contribution in [0.25, 0.3) is 121 Å². The maximum atomic E-state index is 6.60. The molecule has 72 heavy (non-hydrogen) atoms. The quantitative estimate of drug-likeness (QED) is 0.141. The second kappa shape index (κ2) is 17.2. The fourth-order valence-electron chi connectivity index (χ4n) is 11.2. The summed E-state index contributed by atoms with van der Waals surface area (Å²) in [5.41, 5.74) is 16.9. The molecule has 0 fully saturated rings. The van der Waals surface area contributed by atoms with Crippen LogP contribution in [0.15, 0.2) is 277 Å². The third-order valence-corrected chi connectivity index (χ3v) is 14.6. The van der Waals surface area contributed by atoms with Crippen LogP contribution in [0.3, 0.4) is 0 Å². The van der Waals surface area contributed by atoms with Gasteiger partial charge in [-0.25, -0.2) is 0 Å². The maximum Gasteiger partial charge on any atom is 0.143 e. The molecule has 336 valence electrons. The molecule has 2 nitrogen and oxygen atoms in total. The van der Waals surface area contributed by atoms with Gasteiger partial charge in [-0.05, 0) is 154 Å². The van der Waals surface area contributed by atoms with Crippen molar-refractivity contribution in [2.45, 2.75) is 0 Å². The summed E-state index contributed by atoms with van der Waals surface area (Å²) in [6, 6.07) is 99.3. The predicted octanol–water partition coefficient (Wildman–Crippen LogP) is 20.0. The fraction of sp³-hybridized carbons (Fsp3) is 0. The van der Waals surface area contributed by atoms with Gasteiger partial charge in [0.1, 0.15) is 11.2 Å². The number of furan rings is 1. The molecule has 1 aromatic heterocycles. The molecule has 13 aromatic carbocycles. The summed E-state index contributed by atoms with van der Waals surface area (Å²) in [5, 5.41) is 12.0. The molecule has 0 saturated heterocycles. The van der Waals surface area contributed by atoms with Crippen molar-refractivity contribution in [1.82, 2.24) is 0 Å². The van der Waals surface area contributed by atoms with E-state index in [1.54, 1.807) is 0 Å². The average Bonchev–Trinajstić information content (AvgIpc) is 3.85. The van der Waals surface area contributed by atoms with Gasteiger partial charge in [-0.2, -0.15) is 0 Å². The lowest BCUT2D eigenvalue weighted by molar-refractivity contribution is 0.673. The molecule has 1 heterocycles. The van der Waals surface area contributed by atoms with Gasteiger partial charge >= 0.3 is 0 Å². The van der Waals surface area contributed by atoms with Crippen molar-refractivity contribution in [2.75, 3.05) is 4.90 Å². The minimum atomic E-state index is 0.892. The smallest absolute Gasteiger partial charge is 0.143 e. The molecule has 2 heteroatoms. The highest BCUT2D eigenvalue weighted by molar-refractivity contribution is 6.22. The van der Waals surface area contributed by atoms with Gasteiger partial charge in [-0.3, -0.25) is 0 Å². The van der Waals surface area contributed by atoms with Crippen LogP contribution in [0.5, 0.6) is 0 Å². The summed E-state index contributed by atoms with van der Waals surface area (Å²) in [6.07, 6.45) is 0. The lowest BCUT2D eigenvalue weighted by atomic mass is 9.84. The molecular formula is C70H45NO. The zero-order chi connectivity index (χ0) is 47.5. The number of benzene rings is 13. The zero-order valence-electron chi connectivity index (χ0n) is 39.3. The molecule has 0 spiro atoms. The van der Waals surface area contributed by atoms with Gasteiger partial charge in [0, 0.05) is 33.2 Å². The zero-order valence-corrected chi connectivity index (χ0v) is 39.3. The predicted molar refractivity (Wildman–Crippen MR) is 306 cm³/mol. The van der Waals surface area contributed by atoms with Crippen molar-refractivity contribution < 1.29 is 4.42 Å². The lowest BCUT2D eigenvalue weighted by Crippen LogP contribution is -2.10. The van der Waals surface area contributed by atoms with E-state index in [1.165, 1.54) is 71.1 Å². The Morgan fingerprint density at radius 3 is 1.51 bits per heavy atom. The van der Waals surface area contributed by atoms with E-state index in [9.17, 15) is 0 Å². The van der Waals surface area contributed by atoms with Gasteiger partial charge in [0.15, 0.2) is 0 Å². The SMILES string of the molecule is c1ccc(-c2c(-c3ccccc3)c3cc(-c4ccc(N(c5ccc(-c6cccc7oc8c9ccccc9ccc8c67)cc5)c5cccc(-c6ccc7ccccc7c6)c5)cc4)ccc3c3ccccc23)cc1. The van der Waals surface area contributed by atoms with Gasteiger partial charge in [0.25, 0.3) is 0 Å². The van der Waals surface area contributed by atoms with Crippen molar-refractivity contribution in [3.05, 3.63) is 273 Å². The number of anilines is 3. The van der Waals surface area contributed by atoms with Gasteiger partial charge in [-0.1, -0.05) is 212 Å². The number of rotatable bonds is 8. The molecule has 0 aliphatic rings. The summed E-state index contributed by atoms with van der Waals surface area (Å²) in [7, 11) is 0. The van der Waals surface area contributed by atoms with Crippen molar-refractivity contribution >= 4 is 82.1 Å². The molecule has 0 amide bonds. The second-order valence-electron chi connectivity index (χ2n) is 18.8. The first-order valence-corrected chi connectivity index (χ1v) is 24.7. The summed E-state index contributed by atoms with van der Waals surface area (Å²) in [6.45, 7) is 0. The first-order chi connectivity index (χ1) is 35.7. The van der Waals surface area contributed by atoms with E-state index in [4.69, 9.17) is 4.42 Å². The Hall–Kier alpha value is -9.50. The van der Waals surface area contributed by atoms with E-state index in [1.807, 2.05) is 0 Å². The van der Waals surface area contributed by atoms with Crippen molar-refractivity contribution in [2.24, 2.45) is 0 Å². The van der Waals surface area contributed by atoms with Crippen LogP contribution in [0, 0.1) is 0 Å². The molecule has 0 aliphatic heterocycles. The Morgan fingerprint density at radius 1 is 0.250 bits per heavy atom. The lowest BCUT2D eigenvalue weighted by Gasteiger charge is -2.26. The summed E-state index contributed by atoms with van der Waals surface area (Å²) in [4.78, 5) is 2.38. The van der Waals surface area contributed by atoms with Crippen LogP contribution in [-0.4, -0.2) is 0 Å². The third kappa shape index (κ3) is 7.03. The van der Waals surface area contributed by atoms with Gasteiger partial charge in [0.05, 0.1) is 0 Å². The normalized spacial score (nSPS) is 11.6. The van der Waals surface area contributed by atoms with Crippen LogP contribution >= 0.6 is 0 Å². The van der Waals surface area contributed by atoms with Crippen LogP contribution in [0.4, 0.5) is 17.1 Å². The van der Waals surface area contributed by atoms with E-state index in [-0.39, 0.29) is 0 Å². The largest absolute Gasteiger partial charge is 0.455 e. The molecular weight excluding hydrogens is 871 g/mol. The molecule has 0 saturated carbocycles. The molecule has 0 atom stereocenters. The monoisotopic (exact) mass is 915 g/mol. The number of hydrogen-bond donors (Lipinski definition) is 0. The Labute approximate surface area is 417 Å². The van der Waals surface area contributed by atoms with Crippen LogP contribution < -0.4 is 4.90 Å². The number of fused-ring (bicyclic) bond motifs is 9. The van der Waals surface area contributed by atoms with Crippen LogP contribution in [-0.2, 0) is 0 Å². The summed E-state index contributed by atoms with van der Waals surface area (Å²) >= 11 is 0. The Bertz CT molecular complexity index is 4360. The second-order valence-corrected chi connectivity index (χ2v) is 18.8. The Morgan fingerprint density at radius 2 is 0.764 bits per heavy atom. The average molecular weight is 916 g/mol. The standard InChI is InChI=1S/C70H45NO/c1-3-17-50(18-4-1)67-63-26-12-11-25-61(63)62-41-36-55(45-65(62)68(67)51-19-5-2-6-20-51)47-31-37-56(38-32-47)71(58-23-13-22-53(44-58)54-30-29-46-15-7-8-21-52(46)43-54)57-39-33-49(34-40-57)59-27-14-28-66-69(59)64-42-35-48-16-9-10-24-60(48)70(64)72-66/h1-45H. The van der Waals surface area contributed by atoms with E-state index in [2.05, 4.69) is 278 Å². The molecule has 0 unspecified atom stereocenters. The van der Waals surface area contributed by atoms with E-state index >= 15 is 0 Å². The van der Waals surface area contributed by atoms with E-state index in [0.717, 1.165) is 66.6 Å². The van der Waals surface area contributed by atoms with Crippen molar-refractivity contribution in [3.63, 3.8) is 0 Å². The highest BCUT2D eigenvalue weighted by Crippen LogP contribution is 2.47. The van der Waals surface area contributed by atoms with Crippen molar-refractivity contribution in [1.29, 1.82) is 0 Å². The van der Waals surface area contributed by atoms with E-state index < -0.39 is 0 Å². The van der Waals surface area contributed by atoms with Gasteiger partial charge < -0.3 is 9.32 Å². The summed E-state index contributed by atoms with van der Waals surface area (Å²) < 4.78 is 6.60. The van der Waals surface area contributed by atoms with E-state index in [0.29, 0.717) is 0 Å². The third-order valence-electron chi connectivity index (χ3n) is 14.6. The first kappa shape index (κ1) is 41.5. The number of hydrogen-bond acceptors (Lipinski definition) is 2. The molecule has 0 radical (unpaired) electrons. The minimum Gasteiger partial charge on any atom is -0.455 e. The molecule has 0 aliphatic carbocycles. The number of nitrogens with zero attached hydrogens (tertiary/aromatic N) is 1. The molecule has 0 bridgehead atoms. The van der Waals surface area contributed by atoms with Gasteiger partial charge in [-0.15, -0.1) is 0 Å². The fourth-order valence-corrected chi connectivity index (χ4v) is 11.2. The van der Waals surface area contributed by atoms with Crippen molar-refractivity contribution in [3.8, 4) is 55.6 Å². The minimum absolute atomic E-state index is 0.892. The molecule has 0 N–H and O–H groups in total. The maximum absolute atomic E-state index is 6.60. The first-order valence-electron chi connectivity index (χ1n) is 24.7. The molecule has 14 rings (SSSR count). The Kier molecular flexibility index (Phi) is 9.89.